The summed E-state index contributed by atoms with van der Waals surface area (Å²) in [5, 5.41) is 0. The number of benzene rings is 1. The summed E-state index contributed by atoms with van der Waals surface area (Å²) in [4.78, 5) is 0.186. The molecule has 8 heteroatoms. The van der Waals surface area contributed by atoms with Crippen LogP contribution in [-0.4, -0.2) is 34.2 Å². The van der Waals surface area contributed by atoms with Gasteiger partial charge in [-0.3, -0.25) is 0 Å². The maximum absolute atomic E-state index is 12.4. The van der Waals surface area contributed by atoms with Gasteiger partial charge < -0.3 is 15.2 Å². The number of fused-ring (bicyclic) bond motifs is 1. The molecule has 1 aliphatic heterocycles. The van der Waals surface area contributed by atoms with Crippen molar-refractivity contribution in [3.8, 4) is 11.5 Å². The molecule has 1 fully saturated rings. The fourth-order valence-electron chi connectivity index (χ4n) is 2.41. The zero-order valence-corrected chi connectivity index (χ0v) is 13.8. The van der Waals surface area contributed by atoms with Crippen LogP contribution in [0.4, 0.5) is 0 Å². The lowest BCUT2D eigenvalue weighted by Crippen LogP contribution is -2.41. The first-order valence-corrected chi connectivity index (χ1v) is 8.70. The molecule has 22 heavy (non-hydrogen) atoms. The van der Waals surface area contributed by atoms with E-state index in [1.54, 1.807) is 6.07 Å². The van der Waals surface area contributed by atoms with Gasteiger partial charge in [0.15, 0.2) is 11.5 Å². The Bertz CT molecular complexity index is 619. The molecule has 124 valence electrons. The molecule has 2 aliphatic rings. The van der Waals surface area contributed by atoms with E-state index < -0.39 is 10.0 Å². The Balaban J connectivity index is 0.00000176. The van der Waals surface area contributed by atoms with Crippen LogP contribution < -0.4 is 19.9 Å². The van der Waals surface area contributed by atoms with Crippen LogP contribution in [-0.2, 0) is 10.0 Å². The van der Waals surface area contributed by atoms with Crippen molar-refractivity contribution in [3.63, 3.8) is 0 Å². The third-order valence-corrected chi connectivity index (χ3v) is 5.27. The summed E-state index contributed by atoms with van der Waals surface area (Å²) in [5.41, 5.74) is 5.66. The minimum absolute atomic E-state index is 0. The summed E-state index contributed by atoms with van der Waals surface area (Å²) in [6, 6.07) is 4.51. The molecule has 3 N–H and O–H groups in total. The minimum atomic E-state index is -3.59. The molecule has 1 atom stereocenters. The third kappa shape index (κ3) is 3.84. The van der Waals surface area contributed by atoms with Crippen molar-refractivity contribution < 1.29 is 17.9 Å². The lowest BCUT2D eigenvalue weighted by Gasteiger charge is -2.17. The molecule has 0 aromatic heterocycles. The van der Waals surface area contributed by atoms with Crippen LogP contribution >= 0.6 is 12.4 Å². The summed E-state index contributed by atoms with van der Waals surface area (Å²) in [6.45, 7) is 1.42. The number of nitrogens with two attached hydrogens (primary N) is 1. The molecule has 1 heterocycles. The molecular weight excluding hydrogens is 328 g/mol. The van der Waals surface area contributed by atoms with E-state index in [2.05, 4.69) is 4.72 Å². The van der Waals surface area contributed by atoms with Crippen molar-refractivity contribution >= 4 is 22.4 Å². The maximum Gasteiger partial charge on any atom is 0.241 e. The number of rotatable bonds is 5. The van der Waals surface area contributed by atoms with E-state index >= 15 is 0 Å². The third-order valence-electron chi connectivity index (χ3n) is 3.78. The topological polar surface area (TPSA) is 90.7 Å². The predicted octanol–water partition coefficient (Wildman–Crippen LogP) is 1.29. The molecule has 6 nitrogen and oxygen atoms in total. The molecule has 1 saturated carbocycles. The van der Waals surface area contributed by atoms with Gasteiger partial charge in [0.1, 0.15) is 0 Å². The van der Waals surface area contributed by atoms with Crippen LogP contribution in [0.25, 0.3) is 0 Å². The monoisotopic (exact) mass is 348 g/mol. The lowest BCUT2D eigenvalue weighted by atomic mass is 10.2. The number of ether oxygens (including phenoxy) is 2. The van der Waals surface area contributed by atoms with E-state index in [0.717, 1.165) is 19.3 Å². The maximum atomic E-state index is 12.4. The van der Waals surface area contributed by atoms with Crippen molar-refractivity contribution in [1.29, 1.82) is 0 Å². The first kappa shape index (κ1) is 17.3. The first-order valence-electron chi connectivity index (χ1n) is 7.22. The van der Waals surface area contributed by atoms with Gasteiger partial charge in [-0.1, -0.05) is 0 Å². The number of hydrogen-bond acceptors (Lipinski definition) is 5. The fourth-order valence-corrected chi connectivity index (χ4v) is 3.75. The largest absolute Gasteiger partial charge is 0.490 e. The van der Waals surface area contributed by atoms with Crippen molar-refractivity contribution in [2.24, 2.45) is 11.7 Å². The highest BCUT2D eigenvalue weighted by Gasteiger charge is 2.33. The highest BCUT2D eigenvalue weighted by atomic mass is 35.5. The summed E-state index contributed by atoms with van der Waals surface area (Å²) in [5.74, 6) is 1.43. The molecule has 0 bridgehead atoms. The van der Waals surface area contributed by atoms with Gasteiger partial charge in [0, 0.05) is 25.1 Å². The Labute approximate surface area is 136 Å². The SMILES string of the molecule is Cl.NCC(NS(=O)(=O)c1ccc2c(c1)OCCCO2)C1CC1. The van der Waals surface area contributed by atoms with E-state index in [-0.39, 0.29) is 23.3 Å². The normalized spacial score (nSPS) is 19.0. The second kappa shape index (κ2) is 7.04. The molecular formula is C14H21ClN2O4S. The Kier molecular flexibility index (Phi) is 5.55. The van der Waals surface area contributed by atoms with Crippen LogP contribution in [0.1, 0.15) is 19.3 Å². The molecule has 1 unspecified atom stereocenters. The van der Waals surface area contributed by atoms with E-state index in [1.807, 2.05) is 0 Å². The Morgan fingerprint density at radius 2 is 1.91 bits per heavy atom. The molecule has 1 aromatic rings. The zero-order valence-electron chi connectivity index (χ0n) is 12.2. The molecule has 0 amide bonds. The molecule has 0 spiro atoms. The molecule has 1 aliphatic carbocycles. The van der Waals surface area contributed by atoms with Gasteiger partial charge >= 0.3 is 0 Å². The fraction of sp³-hybridized carbons (Fsp3) is 0.571. The standard InChI is InChI=1S/C14H20N2O4S.ClH/c15-9-12(10-2-3-10)16-21(17,18)11-4-5-13-14(8-11)20-7-1-6-19-13;/h4-5,8,10,12,16H,1-3,6-7,9,15H2;1H. The van der Waals surface area contributed by atoms with Gasteiger partial charge in [-0.05, 0) is 30.9 Å². The molecule has 1 aromatic carbocycles. The quantitative estimate of drug-likeness (QED) is 0.836. The van der Waals surface area contributed by atoms with Crippen molar-refractivity contribution in [2.45, 2.75) is 30.2 Å². The number of nitrogens with one attached hydrogen (secondary N) is 1. The number of halogens is 1. The van der Waals surface area contributed by atoms with E-state index in [0.29, 0.717) is 37.2 Å². The summed E-state index contributed by atoms with van der Waals surface area (Å²) >= 11 is 0. The molecule has 0 saturated heterocycles. The van der Waals surface area contributed by atoms with E-state index in [1.165, 1.54) is 12.1 Å². The van der Waals surface area contributed by atoms with Gasteiger partial charge in [-0.15, -0.1) is 12.4 Å². The van der Waals surface area contributed by atoms with Crippen molar-refractivity contribution in [3.05, 3.63) is 18.2 Å². The van der Waals surface area contributed by atoms with Gasteiger partial charge in [-0.2, -0.15) is 0 Å². The molecule has 3 rings (SSSR count). The summed E-state index contributed by atoms with van der Waals surface area (Å²) < 4.78 is 38.6. The highest BCUT2D eigenvalue weighted by molar-refractivity contribution is 7.89. The summed E-state index contributed by atoms with van der Waals surface area (Å²) in [6.07, 6.45) is 2.85. The Morgan fingerprint density at radius 1 is 1.23 bits per heavy atom. The van der Waals surface area contributed by atoms with Crippen LogP contribution in [0.15, 0.2) is 23.1 Å². The van der Waals surface area contributed by atoms with E-state index in [9.17, 15) is 8.42 Å². The average Bonchev–Trinajstić information content (AvgIpc) is 3.30. The highest BCUT2D eigenvalue weighted by Crippen LogP contribution is 2.34. The average molecular weight is 349 g/mol. The van der Waals surface area contributed by atoms with Gasteiger partial charge in [0.25, 0.3) is 0 Å². The van der Waals surface area contributed by atoms with Gasteiger partial charge in [0.05, 0.1) is 18.1 Å². The zero-order chi connectivity index (χ0) is 14.9. The lowest BCUT2D eigenvalue weighted by molar-refractivity contribution is 0.297. The number of sulfonamides is 1. The van der Waals surface area contributed by atoms with Crippen LogP contribution in [0.2, 0.25) is 0 Å². The second-order valence-corrected chi connectivity index (χ2v) is 7.17. The first-order chi connectivity index (χ1) is 10.1. The Hall–Kier alpha value is -1.02. The second-order valence-electron chi connectivity index (χ2n) is 5.46. The van der Waals surface area contributed by atoms with Crippen LogP contribution in [0.3, 0.4) is 0 Å². The summed E-state index contributed by atoms with van der Waals surface area (Å²) in [7, 11) is -3.59. The van der Waals surface area contributed by atoms with Crippen molar-refractivity contribution in [2.75, 3.05) is 19.8 Å². The van der Waals surface area contributed by atoms with Crippen LogP contribution in [0, 0.1) is 5.92 Å². The van der Waals surface area contributed by atoms with Crippen LogP contribution in [0.5, 0.6) is 11.5 Å². The Morgan fingerprint density at radius 3 is 2.55 bits per heavy atom. The van der Waals surface area contributed by atoms with Gasteiger partial charge in [0.2, 0.25) is 10.0 Å². The smallest absolute Gasteiger partial charge is 0.241 e. The van der Waals surface area contributed by atoms with Gasteiger partial charge in [-0.25, -0.2) is 13.1 Å². The van der Waals surface area contributed by atoms with E-state index in [4.69, 9.17) is 15.2 Å². The predicted molar refractivity (Wildman–Crippen MR) is 85.2 cm³/mol. The minimum Gasteiger partial charge on any atom is -0.490 e. The number of hydrogen-bond donors (Lipinski definition) is 2. The van der Waals surface area contributed by atoms with Crippen molar-refractivity contribution in [1.82, 2.24) is 4.72 Å². The molecule has 0 radical (unpaired) electrons.